The van der Waals surface area contributed by atoms with Crippen LogP contribution in [0.15, 0.2) is 36.4 Å². The second-order valence-corrected chi connectivity index (χ2v) is 6.61. The molecule has 1 amide bonds. The summed E-state index contributed by atoms with van der Waals surface area (Å²) in [4.78, 5) is 14.6. The first-order valence-corrected chi connectivity index (χ1v) is 8.60. The van der Waals surface area contributed by atoms with Crippen LogP contribution in [-0.2, 0) is 9.53 Å². The van der Waals surface area contributed by atoms with Gasteiger partial charge < -0.3 is 15.0 Å². The lowest BCUT2D eigenvalue weighted by atomic mass is 10.0. The molecular weight excluding hydrogens is 316 g/mol. The molecule has 1 fully saturated rings. The van der Waals surface area contributed by atoms with E-state index in [9.17, 15) is 4.79 Å². The molecule has 0 aliphatic carbocycles. The Labute approximate surface area is 148 Å². The number of carbonyl (C=O) groups excluding carboxylic acids is 1. The van der Waals surface area contributed by atoms with Gasteiger partial charge in [0.15, 0.2) is 11.9 Å². The summed E-state index contributed by atoms with van der Waals surface area (Å²) in [5.74, 6) is 1.05. The first kappa shape index (κ1) is 17.4. The van der Waals surface area contributed by atoms with Crippen LogP contribution < -0.4 is 10.2 Å². The van der Waals surface area contributed by atoms with Crippen LogP contribution in [0.2, 0.25) is 0 Å². The zero-order valence-electron chi connectivity index (χ0n) is 14.9. The highest BCUT2D eigenvalue weighted by molar-refractivity contribution is 5.94. The fourth-order valence-electron chi connectivity index (χ4n) is 2.77. The van der Waals surface area contributed by atoms with Crippen molar-refractivity contribution in [2.24, 2.45) is 0 Å². The van der Waals surface area contributed by atoms with Crippen LogP contribution in [-0.4, -0.2) is 41.9 Å². The smallest absolute Gasteiger partial charge is 0.255 e. The minimum absolute atomic E-state index is 0.134. The van der Waals surface area contributed by atoms with E-state index in [1.54, 1.807) is 0 Å². The third-order valence-corrected chi connectivity index (χ3v) is 4.29. The van der Waals surface area contributed by atoms with Crippen molar-refractivity contribution in [3.8, 4) is 0 Å². The highest BCUT2D eigenvalue weighted by Crippen LogP contribution is 2.20. The molecule has 1 aliphatic rings. The van der Waals surface area contributed by atoms with E-state index in [-0.39, 0.29) is 5.91 Å². The molecule has 1 aliphatic heterocycles. The van der Waals surface area contributed by atoms with Gasteiger partial charge in [0.25, 0.3) is 5.91 Å². The normalized spacial score (nSPS) is 17.6. The standard InChI is InChI=1S/C19H24N4O2/c1-13(2)15-5-4-6-16(11-15)20-19(24)17-12-23(9-10-25-17)18-8-7-14(3)21-22-18/h4-8,11,13,17H,9-10,12H2,1-3H3,(H,20,24)/t17-/m0/s1. The summed E-state index contributed by atoms with van der Waals surface area (Å²) in [7, 11) is 0. The number of morpholine rings is 1. The summed E-state index contributed by atoms with van der Waals surface area (Å²) < 4.78 is 5.66. The maximum Gasteiger partial charge on any atom is 0.255 e. The van der Waals surface area contributed by atoms with E-state index in [2.05, 4.69) is 35.4 Å². The molecule has 1 saturated heterocycles. The molecule has 0 radical (unpaired) electrons. The van der Waals surface area contributed by atoms with Crippen LogP contribution >= 0.6 is 0 Å². The summed E-state index contributed by atoms with van der Waals surface area (Å²) in [6, 6.07) is 11.8. The van der Waals surface area contributed by atoms with Crippen LogP contribution in [0.4, 0.5) is 11.5 Å². The summed E-state index contributed by atoms with van der Waals surface area (Å²) in [5, 5.41) is 11.2. The zero-order valence-corrected chi connectivity index (χ0v) is 14.9. The Morgan fingerprint density at radius 3 is 2.84 bits per heavy atom. The Morgan fingerprint density at radius 1 is 1.28 bits per heavy atom. The molecular formula is C19H24N4O2. The molecule has 2 aromatic rings. The van der Waals surface area contributed by atoms with Crippen molar-refractivity contribution >= 4 is 17.4 Å². The molecule has 6 heteroatoms. The van der Waals surface area contributed by atoms with E-state index in [4.69, 9.17) is 4.74 Å². The lowest BCUT2D eigenvalue weighted by molar-refractivity contribution is -0.128. The van der Waals surface area contributed by atoms with Crippen molar-refractivity contribution in [2.75, 3.05) is 29.9 Å². The van der Waals surface area contributed by atoms with Crippen molar-refractivity contribution in [3.05, 3.63) is 47.7 Å². The maximum absolute atomic E-state index is 12.6. The maximum atomic E-state index is 12.6. The number of amides is 1. The van der Waals surface area contributed by atoms with Gasteiger partial charge >= 0.3 is 0 Å². The number of carbonyl (C=O) groups is 1. The second-order valence-electron chi connectivity index (χ2n) is 6.61. The average molecular weight is 340 g/mol. The molecule has 1 N–H and O–H groups in total. The SMILES string of the molecule is Cc1ccc(N2CCO[C@H](C(=O)Nc3cccc(C(C)C)c3)C2)nn1. The number of benzene rings is 1. The van der Waals surface area contributed by atoms with E-state index in [1.165, 1.54) is 5.56 Å². The zero-order chi connectivity index (χ0) is 17.8. The van der Waals surface area contributed by atoms with Gasteiger partial charge in [0.1, 0.15) is 0 Å². The average Bonchev–Trinajstić information content (AvgIpc) is 2.62. The summed E-state index contributed by atoms with van der Waals surface area (Å²) in [6.45, 7) is 7.81. The van der Waals surface area contributed by atoms with Crippen LogP contribution in [0.1, 0.15) is 31.0 Å². The van der Waals surface area contributed by atoms with Gasteiger partial charge in [-0.1, -0.05) is 26.0 Å². The number of anilines is 2. The third kappa shape index (κ3) is 4.33. The van der Waals surface area contributed by atoms with Gasteiger partial charge in [-0.2, -0.15) is 5.10 Å². The third-order valence-electron chi connectivity index (χ3n) is 4.29. The number of aromatic nitrogens is 2. The van der Waals surface area contributed by atoms with Gasteiger partial charge in [-0.15, -0.1) is 5.10 Å². The summed E-state index contributed by atoms with van der Waals surface area (Å²) in [5.41, 5.74) is 2.86. The monoisotopic (exact) mass is 340 g/mol. The van der Waals surface area contributed by atoms with Gasteiger partial charge in [-0.25, -0.2) is 0 Å². The lowest BCUT2D eigenvalue weighted by Crippen LogP contribution is -2.48. The molecule has 25 heavy (non-hydrogen) atoms. The fraction of sp³-hybridized carbons (Fsp3) is 0.421. The predicted molar refractivity (Wildman–Crippen MR) is 97.9 cm³/mol. The molecule has 0 unspecified atom stereocenters. The Hall–Kier alpha value is -2.47. The topological polar surface area (TPSA) is 67.3 Å². The van der Waals surface area contributed by atoms with Crippen LogP contribution in [0.3, 0.4) is 0 Å². The summed E-state index contributed by atoms with van der Waals surface area (Å²) >= 11 is 0. The molecule has 132 valence electrons. The summed E-state index contributed by atoms with van der Waals surface area (Å²) in [6.07, 6.45) is -0.528. The van der Waals surface area contributed by atoms with Crippen molar-refractivity contribution < 1.29 is 9.53 Å². The number of hydrogen-bond donors (Lipinski definition) is 1. The largest absolute Gasteiger partial charge is 0.365 e. The Morgan fingerprint density at radius 2 is 2.12 bits per heavy atom. The molecule has 1 atom stereocenters. The van der Waals surface area contributed by atoms with E-state index in [0.29, 0.717) is 25.6 Å². The van der Waals surface area contributed by atoms with Gasteiger partial charge in [-0.3, -0.25) is 4.79 Å². The van der Waals surface area contributed by atoms with Crippen molar-refractivity contribution in [2.45, 2.75) is 32.8 Å². The molecule has 3 rings (SSSR count). The molecule has 0 bridgehead atoms. The Balaban J connectivity index is 1.65. The lowest BCUT2D eigenvalue weighted by Gasteiger charge is -2.32. The van der Waals surface area contributed by atoms with Crippen LogP contribution in [0, 0.1) is 6.92 Å². The number of hydrogen-bond acceptors (Lipinski definition) is 5. The van der Waals surface area contributed by atoms with Gasteiger partial charge in [0, 0.05) is 12.2 Å². The van der Waals surface area contributed by atoms with Gasteiger partial charge in [-0.05, 0) is 42.7 Å². The van der Waals surface area contributed by atoms with E-state index < -0.39 is 6.10 Å². The first-order chi connectivity index (χ1) is 12.0. The Kier molecular flexibility index (Phi) is 5.28. The number of nitrogens with zero attached hydrogens (tertiary/aromatic N) is 3. The predicted octanol–water partition coefficient (Wildman–Crippen LogP) is 2.75. The minimum Gasteiger partial charge on any atom is -0.365 e. The number of nitrogens with one attached hydrogen (secondary N) is 1. The second kappa shape index (κ2) is 7.61. The quantitative estimate of drug-likeness (QED) is 0.927. The Bertz CT molecular complexity index is 730. The molecule has 1 aromatic carbocycles. The highest BCUT2D eigenvalue weighted by Gasteiger charge is 2.27. The molecule has 0 saturated carbocycles. The molecule has 1 aromatic heterocycles. The first-order valence-electron chi connectivity index (χ1n) is 8.60. The molecule has 0 spiro atoms. The number of aryl methyl sites for hydroxylation is 1. The van der Waals surface area contributed by atoms with Gasteiger partial charge in [0.05, 0.1) is 18.8 Å². The van der Waals surface area contributed by atoms with Gasteiger partial charge in [0.2, 0.25) is 0 Å². The molecule has 6 nitrogen and oxygen atoms in total. The van der Waals surface area contributed by atoms with Crippen molar-refractivity contribution in [1.29, 1.82) is 0 Å². The van der Waals surface area contributed by atoms with Crippen molar-refractivity contribution in [1.82, 2.24) is 10.2 Å². The van der Waals surface area contributed by atoms with Crippen LogP contribution in [0.5, 0.6) is 0 Å². The van der Waals surface area contributed by atoms with Crippen LogP contribution in [0.25, 0.3) is 0 Å². The van der Waals surface area contributed by atoms with E-state index in [0.717, 1.165) is 17.2 Å². The fourth-order valence-corrected chi connectivity index (χ4v) is 2.77. The van der Waals surface area contributed by atoms with E-state index >= 15 is 0 Å². The van der Waals surface area contributed by atoms with Crippen molar-refractivity contribution in [3.63, 3.8) is 0 Å². The number of ether oxygens (including phenoxy) is 1. The highest BCUT2D eigenvalue weighted by atomic mass is 16.5. The molecule has 2 heterocycles. The van der Waals surface area contributed by atoms with E-state index in [1.807, 2.05) is 42.2 Å². The minimum atomic E-state index is -0.528. The number of rotatable bonds is 4.